The average molecular weight is 377 g/mol. The molecule has 4 aromatic carbocycles. The van der Waals surface area contributed by atoms with Gasteiger partial charge in [0, 0.05) is 0 Å². The van der Waals surface area contributed by atoms with Gasteiger partial charge in [0.05, 0.1) is 0 Å². The Morgan fingerprint density at radius 2 is 1.48 bits per heavy atom. The van der Waals surface area contributed by atoms with Crippen LogP contribution < -0.4 is 0 Å². The van der Waals surface area contributed by atoms with Crippen molar-refractivity contribution in [2.45, 2.75) is 26.7 Å². The Labute approximate surface area is 174 Å². The van der Waals surface area contributed by atoms with Crippen LogP contribution in [0.2, 0.25) is 0 Å². The van der Waals surface area contributed by atoms with Crippen LogP contribution in [0.25, 0.3) is 28.0 Å². The van der Waals surface area contributed by atoms with Gasteiger partial charge in [-0.2, -0.15) is 0 Å². The highest BCUT2D eigenvalue weighted by atomic mass is 14.2. The van der Waals surface area contributed by atoms with E-state index >= 15 is 0 Å². The molecular weight excluding hydrogens is 348 g/mol. The van der Waals surface area contributed by atoms with E-state index in [1.54, 1.807) is 0 Å². The number of benzene rings is 4. The van der Waals surface area contributed by atoms with Crippen molar-refractivity contribution in [3.63, 3.8) is 0 Å². The van der Waals surface area contributed by atoms with Gasteiger partial charge in [-0.1, -0.05) is 111 Å². The molecule has 0 nitrogen and oxygen atoms in total. The van der Waals surface area contributed by atoms with E-state index < -0.39 is 0 Å². The van der Waals surface area contributed by atoms with E-state index in [0.717, 1.165) is 6.42 Å². The smallest absolute Gasteiger partial charge is 0.0105 e. The third-order valence-corrected chi connectivity index (χ3v) is 5.94. The molecule has 0 spiro atoms. The van der Waals surface area contributed by atoms with E-state index in [0.29, 0.717) is 5.92 Å². The number of hydrogen-bond acceptors (Lipinski definition) is 0. The SMILES string of the molecule is C.C1=CC(CCc2ccc(-c3cccc4ccccc34)cc2)Cc2ccccc21. The number of allylic oxidation sites excluding steroid dienone is 1. The van der Waals surface area contributed by atoms with E-state index in [2.05, 4.69) is 103 Å². The lowest BCUT2D eigenvalue weighted by Gasteiger charge is -2.19. The van der Waals surface area contributed by atoms with Crippen LogP contribution in [0.3, 0.4) is 0 Å². The summed E-state index contributed by atoms with van der Waals surface area (Å²) in [5.41, 5.74) is 6.92. The van der Waals surface area contributed by atoms with Gasteiger partial charge < -0.3 is 0 Å². The van der Waals surface area contributed by atoms with Crippen molar-refractivity contribution in [2.24, 2.45) is 5.92 Å². The summed E-state index contributed by atoms with van der Waals surface area (Å²) in [5, 5.41) is 2.62. The van der Waals surface area contributed by atoms with Crippen molar-refractivity contribution in [1.29, 1.82) is 0 Å². The van der Waals surface area contributed by atoms with Crippen molar-refractivity contribution < 1.29 is 0 Å². The van der Waals surface area contributed by atoms with E-state index in [1.165, 1.54) is 51.4 Å². The maximum Gasteiger partial charge on any atom is -0.0105 e. The van der Waals surface area contributed by atoms with Gasteiger partial charge in [-0.05, 0) is 63.8 Å². The predicted molar refractivity (Wildman–Crippen MR) is 127 cm³/mol. The highest BCUT2D eigenvalue weighted by molar-refractivity contribution is 5.96. The molecule has 5 rings (SSSR count). The van der Waals surface area contributed by atoms with Gasteiger partial charge in [0.25, 0.3) is 0 Å². The predicted octanol–water partition coefficient (Wildman–Crippen LogP) is 7.96. The molecule has 4 aromatic rings. The summed E-state index contributed by atoms with van der Waals surface area (Å²) in [6, 6.07) is 33.1. The molecule has 0 aromatic heterocycles. The van der Waals surface area contributed by atoms with Gasteiger partial charge >= 0.3 is 0 Å². The molecule has 0 amide bonds. The molecule has 0 fully saturated rings. The van der Waals surface area contributed by atoms with Crippen LogP contribution in [0.1, 0.15) is 30.5 Å². The molecule has 1 unspecified atom stereocenters. The van der Waals surface area contributed by atoms with E-state index in [4.69, 9.17) is 0 Å². The summed E-state index contributed by atoms with van der Waals surface area (Å²) >= 11 is 0. The Morgan fingerprint density at radius 3 is 2.38 bits per heavy atom. The van der Waals surface area contributed by atoms with Crippen molar-refractivity contribution in [2.75, 3.05) is 0 Å². The first-order valence-corrected chi connectivity index (χ1v) is 10.2. The summed E-state index contributed by atoms with van der Waals surface area (Å²) in [6.07, 6.45) is 8.20. The van der Waals surface area contributed by atoms with Crippen LogP contribution >= 0.6 is 0 Å². The molecule has 0 heterocycles. The molecule has 0 N–H and O–H groups in total. The zero-order valence-electron chi connectivity index (χ0n) is 16.0. The fourth-order valence-corrected chi connectivity index (χ4v) is 4.35. The second-order valence-corrected chi connectivity index (χ2v) is 7.78. The average Bonchev–Trinajstić information content (AvgIpc) is 2.77. The summed E-state index contributed by atoms with van der Waals surface area (Å²) in [5.74, 6) is 0.646. The van der Waals surface area contributed by atoms with Gasteiger partial charge in [0.15, 0.2) is 0 Å². The summed E-state index contributed by atoms with van der Waals surface area (Å²) in [6.45, 7) is 0. The fraction of sp³-hybridized carbons (Fsp3) is 0.172. The first-order valence-electron chi connectivity index (χ1n) is 10.2. The Bertz CT molecular complexity index is 1130. The minimum Gasteiger partial charge on any atom is -0.0805 e. The van der Waals surface area contributed by atoms with E-state index in [9.17, 15) is 0 Å². The Morgan fingerprint density at radius 1 is 0.724 bits per heavy atom. The second-order valence-electron chi connectivity index (χ2n) is 7.78. The van der Waals surface area contributed by atoms with Crippen molar-refractivity contribution in [1.82, 2.24) is 0 Å². The Balaban J connectivity index is 0.00000205. The Kier molecular flexibility index (Phi) is 5.62. The lowest BCUT2D eigenvalue weighted by atomic mass is 9.86. The zero-order chi connectivity index (χ0) is 18.8. The van der Waals surface area contributed by atoms with Gasteiger partial charge in [-0.15, -0.1) is 0 Å². The molecule has 29 heavy (non-hydrogen) atoms. The first-order chi connectivity index (χ1) is 13.9. The fourth-order valence-electron chi connectivity index (χ4n) is 4.35. The largest absolute Gasteiger partial charge is 0.0805 e. The number of fused-ring (bicyclic) bond motifs is 2. The lowest BCUT2D eigenvalue weighted by Crippen LogP contribution is -2.08. The minimum atomic E-state index is 0. The molecule has 1 aliphatic rings. The normalized spacial score (nSPS) is 15.0. The molecule has 0 saturated heterocycles. The molecule has 1 atom stereocenters. The number of rotatable bonds is 4. The first kappa shape index (κ1) is 19.2. The maximum atomic E-state index is 2.40. The topological polar surface area (TPSA) is 0 Å². The molecule has 1 aliphatic carbocycles. The monoisotopic (exact) mass is 376 g/mol. The van der Waals surface area contributed by atoms with E-state index in [-0.39, 0.29) is 7.43 Å². The summed E-state index contributed by atoms with van der Waals surface area (Å²) in [7, 11) is 0. The van der Waals surface area contributed by atoms with Crippen LogP contribution in [-0.4, -0.2) is 0 Å². The van der Waals surface area contributed by atoms with Crippen molar-refractivity contribution >= 4 is 16.8 Å². The van der Waals surface area contributed by atoms with Crippen LogP contribution in [0.15, 0.2) is 97.1 Å². The minimum absolute atomic E-state index is 0. The van der Waals surface area contributed by atoms with Gasteiger partial charge in [0.1, 0.15) is 0 Å². The van der Waals surface area contributed by atoms with Gasteiger partial charge in [0.2, 0.25) is 0 Å². The van der Waals surface area contributed by atoms with Crippen LogP contribution in [0.4, 0.5) is 0 Å². The van der Waals surface area contributed by atoms with Gasteiger partial charge in [-0.25, -0.2) is 0 Å². The summed E-state index contributed by atoms with van der Waals surface area (Å²) in [4.78, 5) is 0. The van der Waals surface area contributed by atoms with Crippen molar-refractivity contribution in [3.8, 4) is 11.1 Å². The molecule has 0 bridgehead atoms. The molecule has 0 radical (unpaired) electrons. The number of aryl methyl sites for hydroxylation is 1. The van der Waals surface area contributed by atoms with Crippen LogP contribution in [-0.2, 0) is 12.8 Å². The molecule has 0 heteroatoms. The standard InChI is InChI=1S/C28H24.CH4/c1-2-8-26-20-22(16-17-23(26)6-1)13-12-21-14-18-25(19-15-21)28-11-5-9-24-7-3-4-10-27(24)28;/h1-11,14-19,22H,12-13,20H2;1H4. The molecular formula is C29H28. The third-order valence-electron chi connectivity index (χ3n) is 5.94. The van der Waals surface area contributed by atoms with Crippen LogP contribution in [0, 0.1) is 5.92 Å². The number of hydrogen-bond donors (Lipinski definition) is 0. The van der Waals surface area contributed by atoms with Gasteiger partial charge in [-0.3, -0.25) is 0 Å². The van der Waals surface area contributed by atoms with E-state index in [1.807, 2.05) is 0 Å². The molecule has 0 aliphatic heterocycles. The Hall–Kier alpha value is -3.12. The van der Waals surface area contributed by atoms with Crippen molar-refractivity contribution in [3.05, 3.63) is 114 Å². The maximum absolute atomic E-state index is 2.40. The molecule has 144 valence electrons. The highest BCUT2D eigenvalue weighted by Crippen LogP contribution is 2.30. The molecule has 0 saturated carbocycles. The highest BCUT2D eigenvalue weighted by Gasteiger charge is 2.13. The lowest BCUT2D eigenvalue weighted by molar-refractivity contribution is 0.584. The zero-order valence-corrected chi connectivity index (χ0v) is 16.0. The second kappa shape index (κ2) is 8.49. The third kappa shape index (κ3) is 4.03. The van der Waals surface area contributed by atoms with Crippen LogP contribution in [0.5, 0.6) is 0 Å². The summed E-state index contributed by atoms with van der Waals surface area (Å²) < 4.78 is 0. The quantitative estimate of drug-likeness (QED) is 0.339.